The molecule has 6 nitrogen and oxygen atoms in total. The van der Waals surface area contributed by atoms with Gasteiger partial charge in [0.2, 0.25) is 0 Å². The minimum atomic E-state index is -0.798. The summed E-state index contributed by atoms with van der Waals surface area (Å²) in [6.07, 6.45) is -0.208. The lowest BCUT2D eigenvalue weighted by molar-refractivity contribution is -0.143. The van der Waals surface area contributed by atoms with Crippen molar-refractivity contribution in [3.05, 3.63) is 69.2 Å². The lowest BCUT2D eigenvalue weighted by Crippen LogP contribution is -2.35. The standard InChI is InChI=1S/C18H16BrClN2O4/c19-12-7-5-11(6-8-12)16(23)10-26-17(24)9-15(22-18(21)25)13-3-1-2-4-14(13)20/h1-8,15H,9-10H2,(H3,21,22,25). The lowest BCUT2D eigenvalue weighted by Gasteiger charge is -2.18. The Kier molecular flexibility index (Phi) is 7.17. The van der Waals surface area contributed by atoms with Gasteiger partial charge in [-0.3, -0.25) is 9.59 Å². The van der Waals surface area contributed by atoms with Gasteiger partial charge in [0.15, 0.2) is 12.4 Å². The zero-order valence-electron chi connectivity index (χ0n) is 13.6. The van der Waals surface area contributed by atoms with Gasteiger partial charge in [-0.1, -0.05) is 57.9 Å². The van der Waals surface area contributed by atoms with Crippen molar-refractivity contribution >= 4 is 45.3 Å². The number of carbonyl (C=O) groups is 3. The third-order valence-corrected chi connectivity index (χ3v) is 4.37. The predicted molar refractivity (Wildman–Crippen MR) is 101 cm³/mol. The summed E-state index contributed by atoms with van der Waals surface area (Å²) in [5.41, 5.74) is 6.12. The van der Waals surface area contributed by atoms with Crippen molar-refractivity contribution in [3.8, 4) is 0 Å². The summed E-state index contributed by atoms with van der Waals surface area (Å²) in [5.74, 6) is -0.989. The van der Waals surface area contributed by atoms with Crippen molar-refractivity contribution in [2.24, 2.45) is 5.73 Å². The number of benzene rings is 2. The van der Waals surface area contributed by atoms with Crippen molar-refractivity contribution < 1.29 is 19.1 Å². The van der Waals surface area contributed by atoms with Gasteiger partial charge in [0, 0.05) is 15.1 Å². The Morgan fingerprint density at radius 3 is 2.38 bits per heavy atom. The number of carbonyl (C=O) groups excluding carboxylic acids is 3. The van der Waals surface area contributed by atoms with Crippen LogP contribution in [0.5, 0.6) is 0 Å². The second-order valence-electron chi connectivity index (χ2n) is 5.38. The summed E-state index contributed by atoms with van der Waals surface area (Å²) in [6.45, 7) is -0.397. The van der Waals surface area contributed by atoms with Crippen molar-refractivity contribution in [1.29, 1.82) is 0 Å². The van der Waals surface area contributed by atoms with Crippen molar-refractivity contribution in [3.63, 3.8) is 0 Å². The first kappa shape index (κ1) is 19.9. The first-order valence-corrected chi connectivity index (χ1v) is 8.78. The molecule has 0 aliphatic carbocycles. The molecule has 1 atom stereocenters. The molecule has 0 aliphatic heterocycles. The summed E-state index contributed by atoms with van der Waals surface area (Å²) >= 11 is 9.38. The summed E-state index contributed by atoms with van der Waals surface area (Å²) in [6, 6.07) is 11.9. The van der Waals surface area contributed by atoms with Gasteiger partial charge >= 0.3 is 12.0 Å². The van der Waals surface area contributed by atoms with Crippen LogP contribution >= 0.6 is 27.5 Å². The van der Waals surface area contributed by atoms with E-state index >= 15 is 0 Å². The molecule has 0 heterocycles. The molecule has 26 heavy (non-hydrogen) atoms. The van der Waals surface area contributed by atoms with Crippen LogP contribution in [0.4, 0.5) is 4.79 Å². The zero-order chi connectivity index (χ0) is 19.1. The number of urea groups is 1. The Morgan fingerprint density at radius 2 is 1.77 bits per heavy atom. The maximum atomic E-state index is 12.1. The maximum absolute atomic E-state index is 12.1. The average Bonchev–Trinajstić information content (AvgIpc) is 2.60. The monoisotopic (exact) mass is 438 g/mol. The van der Waals surface area contributed by atoms with E-state index in [1.807, 2.05) is 0 Å². The molecule has 0 fully saturated rings. The number of ketones is 1. The highest BCUT2D eigenvalue weighted by atomic mass is 79.9. The highest BCUT2D eigenvalue weighted by Gasteiger charge is 2.21. The lowest BCUT2D eigenvalue weighted by atomic mass is 10.0. The fourth-order valence-corrected chi connectivity index (χ4v) is 2.79. The number of primary amides is 1. The number of hydrogen-bond acceptors (Lipinski definition) is 4. The summed E-state index contributed by atoms with van der Waals surface area (Å²) < 4.78 is 5.87. The molecule has 0 radical (unpaired) electrons. The van der Waals surface area contributed by atoms with Crippen LogP contribution < -0.4 is 11.1 Å². The number of rotatable bonds is 7. The highest BCUT2D eigenvalue weighted by molar-refractivity contribution is 9.10. The third kappa shape index (κ3) is 5.86. The molecule has 2 rings (SSSR count). The quantitative estimate of drug-likeness (QED) is 0.508. The van der Waals surface area contributed by atoms with E-state index in [0.29, 0.717) is 16.1 Å². The molecular weight excluding hydrogens is 424 g/mol. The van der Waals surface area contributed by atoms with Gasteiger partial charge in [0.05, 0.1) is 12.5 Å². The SMILES string of the molecule is NC(=O)NC(CC(=O)OCC(=O)c1ccc(Br)cc1)c1ccccc1Cl. The van der Waals surface area contributed by atoms with Gasteiger partial charge in [0.25, 0.3) is 0 Å². The largest absolute Gasteiger partial charge is 0.457 e. The molecule has 0 aromatic heterocycles. The molecule has 0 saturated heterocycles. The molecule has 3 N–H and O–H groups in total. The molecule has 0 spiro atoms. The second-order valence-corrected chi connectivity index (χ2v) is 6.70. The minimum absolute atomic E-state index is 0.208. The normalized spacial score (nSPS) is 11.5. The molecule has 2 amide bonds. The molecule has 2 aromatic carbocycles. The smallest absolute Gasteiger partial charge is 0.312 e. The van der Waals surface area contributed by atoms with E-state index in [2.05, 4.69) is 21.2 Å². The van der Waals surface area contributed by atoms with E-state index in [-0.39, 0.29) is 12.2 Å². The third-order valence-electron chi connectivity index (χ3n) is 3.50. The van der Waals surface area contributed by atoms with E-state index in [1.165, 1.54) is 0 Å². The van der Waals surface area contributed by atoms with Gasteiger partial charge in [-0.2, -0.15) is 0 Å². The van der Waals surface area contributed by atoms with Crippen molar-refractivity contribution in [2.75, 3.05) is 6.61 Å². The Balaban J connectivity index is 1.98. The summed E-state index contributed by atoms with van der Waals surface area (Å²) in [4.78, 5) is 35.3. The summed E-state index contributed by atoms with van der Waals surface area (Å²) in [7, 11) is 0. The predicted octanol–water partition coefficient (Wildman–Crippen LogP) is 3.63. The van der Waals surface area contributed by atoms with Crippen LogP contribution in [0.2, 0.25) is 5.02 Å². The topological polar surface area (TPSA) is 98.5 Å². The van der Waals surface area contributed by atoms with E-state index in [4.69, 9.17) is 22.1 Å². The van der Waals surface area contributed by atoms with Gasteiger partial charge < -0.3 is 15.8 Å². The Bertz CT molecular complexity index is 811. The number of amides is 2. The van der Waals surface area contributed by atoms with Crippen molar-refractivity contribution in [1.82, 2.24) is 5.32 Å². The van der Waals surface area contributed by atoms with Crippen LogP contribution in [-0.4, -0.2) is 24.4 Å². The number of Topliss-reactive ketones (excluding diaryl/α,β-unsaturated/α-hetero) is 1. The van der Waals surface area contributed by atoms with E-state index in [9.17, 15) is 14.4 Å². The van der Waals surface area contributed by atoms with Crippen LogP contribution in [0.25, 0.3) is 0 Å². The van der Waals surface area contributed by atoms with Crippen molar-refractivity contribution in [2.45, 2.75) is 12.5 Å². The molecule has 0 aliphatic rings. The Morgan fingerprint density at radius 1 is 1.12 bits per heavy atom. The van der Waals surface area contributed by atoms with Gasteiger partial charge in [0.1, 0.15) is 0 Å². The van der Waals surface area contributed by atoms with E-state index in [0.717, 1.165) is 4.47 Å². The highest BCUT2D eigenvalue weighted by Crippen LogP contribution is 2.25. The van der Waals surface area contributed by atoms with Crippen LogP contribution in [0.1, 0.15) is 28.4 Å². The zero-order valence-corrected chi connectivity index (χ0v) is 15.9. The number of nitrogens with two attached hydrogens (primary N) is 1. The van der Waals surface area contributed by atoms with Gasteiger partial charge in [-0.25, -0.2) is 4.79 Å². The van der Waals surface area contributed by atoms with Crippen LogP contribution in [0.3, 0.4) is 0 Å². The number of ether oxygens (including phenoxy) is 1. The maximum Gasteiger partial charge on any atom is 0.312 e. The Labute approximate surface area is 163 Å². The second kappa shape index (κ2) is 9.35. The Hall–Kier alpha value is -2.38. The molecule has 8 heteroatoms. The molecule has 2 aromatic rings. The van der Waals surface area contributed by atoms with Gasteiger partial charge in [-0.15, -0.1) is 0 Å². The molecule has 0 bridgehead atoms. The minimum Gasteiger partial charge on any atom is -0.457 e. The number of esters is 1. The average molecular weight is 440 g/mol. The fraction of sp³-hybridized carbons (Fsp3) is 0.167. The molecular formula is C18H16BrClN2O4. The first-order chi connectivity index (χ1) is 12.4. The van der Waals surface area contributed by atoms with Crippen LogP contribution in [0.15, 0.2) is 53.0 Å². The number of hydrogen-bond donors (Lipinski definition) is 2. The first-order valence-electron chi connectivity index (χ1n) is 7.61. The molecule has 0 saturated carbocycles. The molecule has 136 valence electrons. The van der Waals surface area contributed by atoms with E-state index in [1.54, 1.807) is 48.5 Å². The summed E-state index contributed by atoms with van der Waals surface area (Å²) in [5, 5.41) is 2.84. The van der Waals surface area contributed by atoms with E-state index < -0.39 is 24.6 Å². The van der Waals surface area contributed by atoms with Crippen LogP contribution in [-0.2, 0) is 9.53 Å². The molecule has 1 unspecified atom stereocenters. The van der Waals surface area contributed by atoms with Gasteiger partial charge in [-0.05, 0) is 23.8 Å². The number of halogens is 2. The van der Waals surface area contributed by atoms with Crippen LogP contribution in [0, 0.1) is 0 Å². The fourth-order valence-electron chi connectivity index (χ4n) is 2.26. The number of nitrogens with one attached hydrogen (secondary N) is 1.